The van der Waals surface area contributed by atoms with Crippen molar-refractivity contribution in [1.29, 1.82) is 0 Å². The highest BCUT2D eigenvalue weighted by molar-refractivity contribution is 7.99. The van der Waals surface area contributed by atoms with E-state index in [1.165, 1.54) is 22.9 Å². The van der Waals surface area contributed by atoms with Gasteiger partial charge >= 0.3 is 0 Å². The van der Waals surface area contributed by atoms with Crippen LogP contribution in [0.15, 0.2) is 64.8 Å². The Morgan fingerprint density at radius 3 is 2.53 bits per heavy atom. The Morgan fingerprint density at radius 1 is 1.04 bits per heavy atom. The van der Waals surface area contributed by atoms with E-state index >= 15 is 0 Å². The molecule has 10 nitrogen and oxygen atoms in total. The number of ether oxygens (including phenoxy) is 2. The minimum absolute atomic E-state index is 0.0193. The van der Waals surface area contributed by atoms with Crippen molar-refractivity contribution >= 4 is 28.6 Å². The Kier molecular flexibility index (Phi) is 10.6. The average Bonchev–Trinajstić information content (AvgIpc) is 3.39. The number of hydrogen-bond acceptors (Lipinski definition) is 10. The molecule has 2 N–H and O–H groups in total. The minimum Gasteiger partial charge on any atom is -0.497 e. The number of aromatic nitrogens is 4. The van der Waals surface area contributed by atoms with E-state index in [-0.39, 0.29) is 22.8 Å². The first kappa shape index (κ1) is 35.3. The molecule has 2 aromatic heterocycles. The smallest absolute Gasteiger partial charge is 0.153 e. The molecule has 260 valence electrons. The van der Waals surface area contributed by atoms with Gasteiger partial charge in [0.05, 0.1) is 48.3 Å². The number of methoxy groups -OCH3 is 2. The van der Waals surface area contributed by atoms with Crippen molar-refractivity contribution in [3.63, 3.8) is 0 Å². The van der Waals surface area contributed by atoms with Crippen LogP contribution in [0.5, 0.6) is 11.5 Å². The number of aliphatic hydroxyl groups excluding tert-OH is 1. The zero-order chi connectivity index (χ0) is 34.8. The van der Waals surface area contributed by atoms with E-state index in [4.69, 9.17) is 24.4 Å². The summed E-state index contributed by atoms with van der Waals surface area (Å²) in [6, 6.07) is 16.3. The third kappa shape index (κ3) is 7.62. The van der Waals surface area contributed by atoms with Gasteiger partial charge in [0, 0.05) is 31.8 Å². The van der Waals surface area contributed by atoms with E-state index < -0.39 is 11.0 Å². The molecule has 2 aliphatic rings. The molecule has 1 spiro atoms. The van der Waals surface area contributed by atoms with Crippen LogP contribution >= 0.6 is 11.8 Å². The lowest BCUT2D eigenvalue weighted by molar-refractivity contribution is 0.176. The third-order valence-electron chi connectivity index (χ3n) is 9.58. The van der Waals surface area contributed by atoms with Crippen molar-refractivity contribution in [3.8, 4) is 11.5 Å². The van der Waals surface area contributed by atoms with E-state index in [1.54, 1.807) is 20.4 Å². The molecule has 1 aliphatic carbocycles. The molecule has 6 rings (SSSR count). The summed E-state index contributed by atoms with van der Waals surface area (Å²) in [6.45, 7) is 9.33. The minimum atomic E-state index is -1.19. The zero-order valence-electron chi connectivity index (χ0n) is 29.2. The summed E-state index contributed by atoms with van der Waals surface area (Å²) >= 11 is 1.43. The van der Waals surface area contributed by atoms with Crippen LogP contribution in [0.2, 0.25) is 0 Å². The molecule has 1 saturated heterocycles. The Balaban J connectivity index is 1.15. The van der Waals surface area contributed by atoms with Crippen LogP contribution in [0.1, 0.15) is 73.6 Å². The van der Waals surface area contributed by atoms with Crippen molar-refractivity contribution in [1.82, 2.24) is 24.7 Å². The number of nitrogens with one attached hydrogen (secondary N) is 1. The molecule has 0 radical (unpaired) electrons. The normalized spacial score (nSPS) is 17.6. The number of nitrogens with zero attached hydrogens (tertiary/aromatic N) is 5. The van der Waals surface area contributed by atoms with Gasteiger partial charge in [-0.15, -0.1) is 0 Å². The largest absolute Gasteiger partial charge is 0.497 e. The second-order valence-electron chi connectivity index (χ2n) is 13.8. The molecule has 0 amide bonds. The lowest BCUT2D eigenvalue weighted by atomic mass is 9.73. The van der Waals surface area contributed by atoms with Crippen molar-refractivity contribution < 1.29 is 18.8 Å². The molecule has 1 aliphatic heterocycles. The topological polar surface area (TPSA) is 123 Å². The second-order valence-corrected chi connectivity index (χ2v) is 16.8. The van der Waals surface area contributed by atoms with Crippen molar-refractivity contribution in [2.75, 3.05) is 32.2 Å². The van der Waals surface area contributed by atoms with Gasteiger partial charge in [-0.1, -0.05) is 30.3 Å². The fourth-order valence-electron chi connectivity index (χ4n) is 6.83. The second kappa shape index (κ2) is 14.7. The van der Waals surface area contributed by atoms with Gasteiger partial charge in [0.15, 0.2) is 5.82 Å². The monoisotopic (exact) mass is 702 g/mol. The number of fused-ring (bicyclic) bond motifs is 1. The average molecular weight is 703 g/mol. The van der Waals surface area contributed by atoms with Crippen LogP contribution in [0, 0.1) is 12.3 Å². The lowest BCUT2D eigenvalue weighted by Crippen LogP contribution is -2.48. The predicted molar refractivity (Wildman–Crippen MR) is 194 cm³/mol. The third-order valence-corrected chi connectivity index (χ3v) is 12.2. The summed E-state index contributed by atoms with van der Waals surface area (Å²) in [5.74, 6) is 2.98. The molecule has 0 saturated carbocycles. The highest BCUT2D eigenvalue weighted by Crippen LogP contribution is 2.52. The molecule has 49 heavy (non-hydrogen) atoms. The van der Waals surface area contributed by atoms with Crippen molar-refractivity contribution in [3.05, 3.63) is 88.6 Å². The Hall–Kier alpha value is -3.58. The molecule has 1 fully saturated rings. The van der Waals surface area contributed by atoms with Gasteiger partial charge < -0.3 is 19.5 Å². The SMILES string of the molecule is COc1ccc(CCc2nccc(Sc3nc(CO)c(N4CCC5(CC4)Cc4ccccc4[C@H]5N[S@@](=O)C(C)(C)C)nc3C)n2)c(OC)c1. The number of hydrogen-bond donors (Lipinski definition) is 2. The van der Waals surface area contributed by atoms with Gasteiger partial charge in [-0.2, -0.15) is 0 Å². The van der Waals surface area contributed by atoms with Crippen molar-refractivity contribution in [2.24, 2.45) is 5.41 Å². The molecular weight excluding hydrogens is 657 g/mol. The van der Waals surface area contributed by atoms with Crippen LogP contribution in [-0.2, 0) is 36.9 Å². The summed E-state index contributed by atoms with van der Waals surface area (Å²) in [4.78, 5) is 21.4. The molecule has 3 heterocycles. The fraction of sp³-hybridized carbons (Fsp3) is 0.459. The molecular formula is C37H46N6O4S2. The molecule has 2 atom stereocenters. The van der Waals surface area contributed by atoms with Crippen LogP contribution in [0.4, 0.5) is 5.82 Å². The first-order chi connectivity index (χ1) is 23.5. The maximum atomic E-state index is 13.3. The van der Waals surface area contributed by atoms with E-state index in [0.29, 0.717) is 17.1 Å². The van der Waals surface area contributed by atoms with Crippen molar-refractivity contribution in [2.45, 2.75) is 87.2 Å². The molecule has 4 aromatic rings. The first-order valence-electron chi connectivity index (χ1n) is 16.7. The molecule has 12 heteroatoms. The Bertz CT molecular complexity index is 1820. The number of piperidine rings is 1. The molecule has 0 bridgehead atoms. The summed E-state index contributed by atoms with van der Waals surface area (Å²) in [6.07, 6.45) is 5.91. The first-order valence-corrected chi connectivity index (χ1v) is 18.7. The van der Waals surface area contributed by atoms with Crippen LogP contribution in [-0.4, -0.2) is 61.3 Å². The summed E-state index contributed by atoms with van der Waals surface area (Å²) < 4.78 is 27.4. The Morgan fingerprint density at radius 2 is 1.82 bits per heavy atom. The number of aliphatic hydroxyl groups is 1. The summed E-state index contributed by atoms with van der Waals surface area (Å²) in [5, 5.41) is 11.9. The highest BCUT2D eigenvalue weighted by atomic mass is 32.2. The number of benzene rings is 2. The van der Waals surface area contributed by atoms with Crippen LogP contribution in [0.25, 0.3) is 0 Å². The van der Waals surface area contributed by atoms with Gasteiger partial charge in [0.2, 0.25) is 0 Å². The van der Waals surface area contributed by atoms with E-state index in [1.807, 2.05) is 52.0 Å². The van der Waals surface area contributed by atoms with Gasteiger partial charge in [-0.25, -0.2) is 28.9 Å². The maximum Gasteiger partial charge on any atom is 0.153 e. The van der Waals surface area contributed by atoms with E-state index in [0.717, 1.165) is 78.2 Å². The maximum absolute atomic E-state index is 13.3. The molecule has 2 aromatic carbocycles. The zero-order valence-corrected chi connectivity index (χ0v) is 30.8. The van der Waals surface area contributed by atoms with Gasteiger partial charge in [0.1, 0.15) is 33.1 Å². The molecule has 0 unspecified atom stereocenters. The van der Waals surface area contributed by atoms with Crippen LogP contribution in [0.3, 0.4) is 0 Å². The van der Waals surface area contributed by atoms with E-state index in [9.17, 15) is 9.32 Å². The number of rotatable bonds is 11. The highest BCUT2D eigenvalue weighted by Gasteiger charge is 2.49. The number of aryl methyl sites for hydroxylation is 3. The summed E-state index contributed by atoms with van der Waals surface area (Å²) in [7, 11) is 2.11. The predicted octanol–water partition coefficient (Wildman–Crippen LogP) is 5.96. The lowest BCUT2D eigenvalue weighted by Gasteiger charge is -2.44. The van der Waals surface area contributed by atoms with Gasteiger partial charge in [0.25, 0.3) is 0 Å². The Labute approximate surface area is 296 Å². The fourth-order valence-corrected chi connectivity index (χ4v) is 8.60. The van der Waals surface area contributed by atoms with Gasteiger partial charge in [-0.3, -0.25) is 0 Å². The quantitative estimate of drug-likeness (QED) is 0.181. The standard InChI is InChI=1S/C37H46N6O4S2/c1-24-35(48-32-15-18-38-31(41-32)14-12-25-11-13-27(46-5)21-30(25)47-6)40-29(23-44)34(39-24)43-19-16-37(17-20-43)22-26-9-7-8-10-28(26)33(37)42-49(45)36(2,3)4/h7-11,13,15,18,21,33,42,44H,12,14,16-17,19-20,22-23H2,1-6H3/t33-,49+/m1/s1. The van der Waals surface area contributed by atoms with Crippen LogP contribution < -0.4 is 19.1 Å². The van der Waals surface area contributed by atoms with E-state index in [2.05, 4.69) is 38.9 Å². The van der Waals surface area contributed by atoms with Gasteiger partial charge in [-0.05, 0) is 99.4 Å². The summed E-state index contributed by atoms with van der Waals surface area (Å²) in [5.41, 5.74) is 4.96. The number of anilines is 1.